The molecule has 1 aromatic carbocycles. The van der Waals surface area contributed by atoms with Crippen molar-refractivity contribution in [3.8, 4) is 0 Å². The second kappa shape index (κ2) is 6.42. The van der Waals surface area contributed by atoms with E-state index < -0.39 is 11.9 Å². The average molecular weight is 347 g/mol. The van der Waals surface area contributed by atoms with E-state index in [0.717, 1.165) is 0 Å². The molecular formula is C14H12Cl2O6. The van der Waals surface area contributed by atoms with Crippen molar-refractivity contribution >= 4 is 35.1 Å². The van der Waals surface area contributed by atoms with Gasteiger partial charge in [0.1, 0.15) is 25.4 Å². The molecule has 2 aliphatic heterocycles. The fraction of sp³-hybridized carbons (Fsp3) is 0.429. The summed E-state index contributed by atoms with van der Waals surface area (Å²) in [5, 5.41) is 0.0627. The number of benzene rings is 1. The van der Waals surface area contributed by atoms with Crippen LogP contribution in [0, 0.1) is 0 Å². The zero-order valence-corrected chi connectivity index (χ0v) is 12.9. The molecule has 2 saturated heterocycles. The summed E-state index contributed by atoms with van der Waals surface area (Å²) in [5.41, 5.74) is 0.184. The Kier molecular flexibility index (Phi) is 4.54. The Bertz CT molecular complexity index is 586. The predicted octanol–water partition coefficient (Wildman–Crippen LogP) is 2.10. The molecule has 1 aromatic rings. The molecule has 2 aliphatic rings. The molecule has 2 unspecified atom stereocenters. The van der Waals surface area contributed by atoms with Crippen LogP contribution in [0.3, 0.4) is 0 Å². The third-order valence-electron chi connectivity index (χ3n) is 3.09. The second-order valence-electron chi connectivity index (χ2n) is 4.92. The van der Waals surface area contributed by atoms with Crippen LogP contribution in [0.15, 0.2) is 12.1 Å². The minimum absolute atomic E-state index is 0.0195. The molecule has 118 valence electrons. The van der Waals surface area contributed by atoms with Gasteiger partial charge in [0.15, 0.2) is 0 Å². The lowest BCUT2D eigenvalue weighted by atomic mass is 10.1. The summed E-state index contributed by atoms with van der Waals surface area (Å²) < 4.78 is 20.0. The summed E-state index contributed by atoms with van der Waals surface area (Å²) in [7, 11) is 0. The fourth-order valence-corrected chi connectivity index (χ4v) is 2.35. The van der Waals surface area contributed by atoms with Crippen LogP contribution >= 0.6 is 23.2 Å². The van der Waals surface area contributed by atoms with E-state index in [-0.39, 0.29) is 46.6 Å². The fourth-order valence-electron chi connectivity index (χ4n) is 1.71. The first-order chi connectivity index (χ1) is 10.5. The van der Waals surface area contributed by atoms with Gasteiger partial charge in [0.05, 0.1) is 34.4 Å². The van der Waals surface area contributed by atoms with Gasteiger partial charge in [-0.25, -0.2) is 9.59 Å². The number of epoxide rings is 2. The molecule has 0 saturated carbocycles. The highest BCUT2D eigenvalue weighted by Crippen LogP contribution is 2.28. The van der Waals surface area contributed by atoms with Gasteiger partial charge in [0.2, 0.25) is 0 Å². The average Bonchev–Trinajstić information content (AvgIpc) is 3.36. The maximum absolute atomic E-state index is 11.9. The van der Waals surface area contributed by atoms with Crippen molar-refractivity contribution in [3.63, 3.8) is 0 Å². The van der Waals surface area contributed by atoms with Crippen molar-refractivity contribution in [3.05, 3.63) is 33.3 Å². The molecule has 0 aromatic heterocycles. The van der Waals surface area contributed by atoms with Gasteiger partial charge in [-0.05, 0) is 12.1 Å². The van der Waals surface area contributed by atoms with Crippen LogP contribution in [0.25, 0.3) is 0 Å². The summed E-state index contributed by atoms with van der Waals surface area (Å²) in [6.07, 6.45) is -0.0887. The van der Waals surface area contributed by atoms with E-state index in [0.29, 0.717) is 13.2 Å². The first kappa shape index (κ1) is 15.6. The maximum Gasteiger partial charge on any atom is 0.341 e. The Balaban J connectivity index is 1.68. The van der Waals surface area contributed by atoms with E-state index in [4.69, 9.17) is 42.1 Å². The number of carbonyl (C=O) groups excluding carboxylic acids is 2. The van der Waals surface area contributed by atoms with E-state index >= 15 is 0 Å². The largest absolute Gasteiger partial charge is 0.459 e. The summed E-state index contributed by atoms with van der Waals surface area (Å²) in [6, 6.07) is 2.65. The smallest absolute Gasteiger partial charge is 0.341 e. The normalized spacial score (nSPS) is 22.1. The van der Waals surface area contributed by atoms with Crippen LogP contribution < -0.4 is 0 Å². The van der Waals surface area contributed by atoms with Crippen LogP contribution in [0.5, 0.6) is 0 Å². The van der Waals surface area contributed by atoms with Gasteiger partial charge in [0.25, 0.3) is 0 Å². The lowest BCUT2D eigenvalue weighted by Crippen LogP contribution is -2.13. The van der Waals surface area contributed by atoms with Gasteiger partial charge < -0.3 is 18.9 Å². The molecule has 0 N–H and O–H groups in total. The first-order valence-corrected chi connectivity index (χ1v) is 7.36. The minimum atomic E-state index is -0.656. The number of carbonyl (C=O) groups is 2. The van der Waals surface area contributed by atoms with Crippen LogP contribution in [0.2, 0.25) is 10.0 Å². The highest BCUT2D eigenvalue weighted by molar-refractivity contribution is 6.39. The Morgan fingerprint density at radius 3 is 1.91 bits per heavy atom. The van der Waals surface area contributed by atoms with Gasteiger partial charge in [0, 0.05) is 0 Å². The Morgan fingerprint density at radius 2 is 1.45 bits per heavy atom. The number of esters is 2. The SMILES string of the molecule is O=C(OCC1CO1)c1cc(Cl)c(C(=O)OCC2CO2)c(Cl)c1. The van der Waals surface area contributed by atoms with Crippen LogP contribution in [-0.4, -0.2) is 50.6 Å². The van der Waals surface area contributed by atoms with E-state index in [1.807, 2.05) is 0 Å². The number of ether oxygens (including phenoxy) is 4. The van der Waals surface area contributed by atoms with Gasteiger partial charge in [-0.3, -0.25) is 0 Å². The molecule has 0 bridgehead atoms. The lowest BCUT2D eigenvalue weighted by Gasteiger charge is -2.09. The second-order valence-corrected chi connectivity index (χ2v) is 5.74. The molecule has 3 rings (SSSR count). The highest BCUT2D eigenvalue weighted by Gasteiger charge is 2.27. The Morgan fingerprint density at radius 1 is 1.00 bits per heavy atom. The third-order valence-corrected chi connectivity index (χ3v) is 3.68. The van der Waals surface area contributed by atoms with E-state index in [1.165, 1.54) is 12.1 Å². The first-order valence-electron chi connectivity index (χ1n) is 6.61. The standard InChI is InChI=1S/C14H12Cl2O6/c15-10-1-7(13(17)21-5-8-3-19-8)2-11(16)12(10)14(18)22-6-9-4-20-9/h1-2,8-9H,3-6H2. The molecule has 2 heterocycles. The monoisotopic (exact) mass is 346 g/mol. The molecule has 0 amide bonds. The van der Waals surface area contributed by atoms with Crippen molar-refractivity contribution < 1.29 is 28.5 Å². The third kappa shape index (κ3) is 3.89. The van der Waals surface area contributed by atoms with Crippen molar-refractivity contribution in [1.82, 2.24) is 0 Å². The number of hydrogen-bond acceptors (Lipinski definition) is 6. The van der Waals surface area contributed by atoms with Gasteiger partial charge in [-0.1, -0.05) is 23.2 Å². The zero-order valence-electron chi connectivity index (χ0n) is 11.3. The van der Waals surface area contributed by atoms with Gasteiger partial charge in [-0.15, -0.1) is 0 Å². The molecule has 2 fully saturated rings. The van der Waals surface area contributed by atoms with E-state index in [2.05, 4.69) is 0 Å². The van der Waals surface area contributed by atoms with Gasteiger partial charge in [-0.2, -0.15) is 0 Å². The van der Waals surface area contributed by atoms with Crippen LogP contribution in [-0.2, 0) is 18.9 Å². The van der Waals surface area contributed by atoms with Gasteiger partial charge >= 0.3 is 11.9 Å². The maximum atomic E-state index is 11.9. The summed E-state index contributed by atoms with van der Waals surface area (Å²) in [6.45, 7) is 1.49. The molecule has 6 nitrogen and oxygen atoms in total. The Labute approximate surface area is 136 Å². The van der Waals surface area contributed by atoms with E-state index in [1.54, 1.807) is 0 Å². The Hall–Kier alpha value is -1.34. The predicted molar refractivity (Wildman–Crippen MR) is 76.5 cm³/mol. The summed E-state index contributed by atoms with van der Waals surface area (Å²) in [5.74, 6) is -1.23. The molecule has 22 heavy (non-hydrogen) atoms. The topological polar surface area (TPSA) is 77.7 Å². The zero-order chi connectivity index (χ0) is 15.7. The van der Waals surface area contributed by atoms with Crippen molar-refractivity contribution in [2.75, 3.05) is 26.4 Å². The quantitative estimate of drug-likeness (QED) is 0.579. The summed E-state index contributed by atoms with van der Waals surface area (Å²) >= 11 is 12.1. The number of hydrogen-bond donors (Lipinski definition) is 0. The molecular weight excluding hydrogens is 335 g/mol. The lowest BCUT2D eigenvalue weighted by molar-refractivity contribution is 0.0463. The molecule has 0 spiro atoms. The van der Waals surface area contributed by atoms with Crippen molar-refractivity contribution in [1.29, 1.82) is 0 Å². The van der Waals surface area contributed by atoms with Crippen molar-refractivity contribution in [2.45, 2.75) is 12.2 Å². The minimum Gasteiger partial charge on any atom is -0.459 e. The summed E-state index contributed by atoms with van der Waals surface area (Å²) in [4.78, 5) is 23.8. The highest BCUT2D eigenvalue weighted by atomic mass is 35.5. The molecule has 0 aliphatic carbocycles. The van der Waals surface area contributed by atoms with Crippen LogP contribution in [0.4, 0.5) is 0 Å². The number of halogens is 2. The van der Waals surface area contributed by atoms with Crippen molar-refractivity contribution in [2.24, 2.45) is 0 Å². The molecule has 2 atom stereocenters. The number of rotatable bonds is 6. The molecule has 0 radical (unpaired) electrons. The van der Waals surface area contributed by atoms with Crippen LogP contribution in [0.1, 0.15) is 20.7 Å². The van der Waals surface area contributed by atoms with E-state index in [9.17, 15) is 9.59 Å². The molecule has 8 heteroatoms.